The maximum atomic E-state index is 10.3. The molecule has 0 atom stereocenters. The number of aromatic nitrogens is 2. The smallest absolute Gasteiger partial charge is 0.303 e. The van der Waals surface area contributed by atoms with Gasteiger partial charge in [0.2, 0.25) is 0 Å². The van der Waals surface area contributed by atoms with Crippen molar-refractivity contribution in [3.8, 4) is 0 Å². The normalized spacial score (nSPS) is 9.55. The van der Waals surface area contributed by atoms with Gasteiger partial charge < -0.3 is 10.5 Å². The van der Waals surface area contributed by atoms with Gasteiger partial charge >= 0.3 is 5.97 Å². The van der Waals surface area contributed by atoms with E-state index in [4.69, 9.17) is 5.73 Å². The lowest BCUT2D eigenvalue weighted by atomic mass is 10.6. The summed E-state index contributed by atoms with van der Waals surface area (Å²) in [5.74, 6) is 0.0982. The topological polar surface area (TPSA) is 78.1 Å². The van der Waals surface area contributed by atoms with Crippen LogP contribution < -0.4 is 5.73 Å². The number of carbonyl (C=O) groups excluding carboxylic acids is 1. The van der Waals surface area contributed by atoms with E-state index in [-0.39, 0.29) is 12.6 Å². The first-order chi connectivity index (χ1) is 5.18. The van der Waals surface area contributed by atoms with Crippen LogP contribution in [0.15, 0.2) is 0 Å². The Hall–Kier alpha value is -1.17. The molecule has 6 heteroatoms. The Morgan fingerprint density at radius 1 is 1.82 bits per heavy atom. The average Bonchev–Trinajstić information content (AvgIpc) is 2.31. The fraction of sp³-hybridized carbons (Fsp3) is 0.400. The number of nitrogens with zero attached hydrogens (tertiary/aromatic N) is 2. The second-order valence-electron chi connectivity index (χ2n) is 1.83. The van der Waals surface area contributed by atoms with Gasteiger partial charge in [-0.25, -0.2) is 4.98 Å². The van der Waals surface area contributed by atoms with Crippen molar-refractivity contribution in [2.75, 3.05) is 5.73 Å². The van der Waals surface area contributed by atoms with Gasteiger partial charge in [0.05, 0.1) is 0 Å². The molecule has 0 aliphatic heterocycles. The lowest BCUT2D eigenvalue weighted by molar-refractivity contribution is -0.142. The molecule has 0 spiro atoms. The first-order valence-electron chi connectivity index (χ1n) is 2.90. The zero-order chi connectivity index (χ0) is 8.27. The summed E-state index contributed by atoms with van der Waals surface area (Å²) in [5, 5.41) is 0.382. The van der Waals surface area contributed by atoms with Crippen LogP contribution in [0.2, 0.25) is 0 Å². The fourth-order valence-corrected chi connectivity index (χ4v) is 0.931. The Bertz CT molecular complexity index is 260. The molecule has 0 aliphatic carbocycles. The van der Waals surface area contributed by atoms with Crippen LogP contribution in [0.5, 0.6) is 0 Å². The lowest BCUT2D eigenvalue weighted by Gasteiger charge is -1.94. The van der Waals surface area contributed by atoms with E-state index in [9.17, 15) is 4.79 Å². The molecule has 0 saturated carbocycles. The maximum absolute atomic E-state index is 10.3. The number of nitrogens with two attached hydrogens (primary N) is 1. The molecule has 0 aromatic carbocycles. The Morgan fingerprint density at radius 3 is 3.00 bits per heavy atom. The van der Waals surface area contributed by atoms with Crippen molar-refractivity contribution in [1.29, 1.82) is 0 Å². The minimum absolute atomic E-state index is 0.100. The van der Waals surface area contributed by atoms with Crippen LogP contribution in [0.1, 0.15) is 12.7 Å². The Labute approximate surface area is 67.4 Å². The first-order valence-corrected chi connectivity index (χ1v) is 3.67. The van der Waals surface area contributed by atoms with Crippen molar-refractivity contribution >= 4 is 22.6 Å². The van der Waals surface area contributed by atoms with Crippen molar-refractivity contribution in [2.24, 2.45) is 0 Å². The molecular formula is C5H7N3O2S. The number of esters is 1. The van der Waals surface area contributed by atoms with Gasteiger partial charge in [-0.15, -0.1) is 0 Å². The Morgan fingerprint density at radius 2 is 2.55 bits per heavy atom. The lowest BCUT2D eigenvalue weighted by Crippen LogP contribution is -2.00. The standard InChI is InChI=1S/C5H7N3O2S/c1-3(9)10-2-4-7-5(6)11-8-4/h2H2,1H3,(H2,6,7,8). The van der Waals surface area contributed by atoms with Gasteiger partial charge in [0, 0.05) is 18.5 Å². The van der Waals surface area contributed by atoms with Gasteiger partial charge in [-0.2, -0.15) is 4.37 Å². The molecule has 1 rings (SSSR count). The van der Waals surface area contributed by atoms with E-state index in [1.54, 1.807) is 0 Å². The summed E-state index contributed by atoms with van der Waals surface area (Å²) >= 11 is 1.08. The van der Waals surface area contributed by atoms with Crippen LogP contribution in [0.25, 0.3) is 0 Å². The minimum Gasteiger partial charge on any atom is -0.458 e. The molecule has 0 aliphatic rings. The maximum Gasteiger partial charge on any atom is 0.303 e. The predicted molar refractivity (Wildman–Crippen MR) is 39.8 cm³/mol. The highest BCUT2D eigenvalue weighted by atomic mass is 32.1. The van der Waals surface area contributed by atoms with Crippen molar-refractivity contribution in [3.05, 3.63) is 5.82 Å². The number of nitrogen functional groups attached to an aromatic ring is 1. The zero-order valence-corrected chi connectivity index (χ0v) is 6.72. The molecule has 0 radical (unpaired) electrons. The van der Waals surface area contributed by atoms with Gasteiger partial charge in [-0.3, -0.25) is 4.79 Å². The second kappa shape index (κ2) is 3.29. The van der Waals surface area contributed by atoms with Crippen LogP contribution in [-0.4, -0.2) is 15.3 Å². The average molecular weight is 173 g/mol. The van der Waals surface area contributed by atoms with Gasteiger partial charge in [0.1, 0.15) is 0 Å². The molecule has 0 fully saturated rings. The van der Waals surface area contributed by atoms with E-state index in [1.165, 1.54) is 6.92 Å². The van der Waals surface area contributed by atoms with E-state index in [2.05, 4.69) is 14.1 Å². The van der Waals surface area contributed by atoms with E-state index in [1.807, 2.05) is 0 Å². The molecule has 0 saturated heterocycles. The first kappa shape index (κ1) is 7.93. The predicted octanol–water partition coefficient (Wildman–Crippen LogP) is 0.183. The van der Waals surface area contributed by atoms with Crippen LogP contribution in [0.3, 0.4) is 0 Å². The van der Waals surface area contributed by atoms with E-state index in [0.717, 1.165) is 11.5 Å². The second-order valence-corrected chi connectivity index (χ2v) is 2.61. The molecule has 0 amide bonds. The monoisotopic (exact) mass is 173 g/mol. The zero-order valence-electron chi connectivity index (χ0n) is 5.90. The van der Waals surface area contributed by atoms with Gasteiger partial charge in [-0.05, 0) is 0 Å². The van der Waals surface area contributed by atoms with E-state index < -0.39 is 0 Å². The molecular weight excluding hydrogens is 166 g/mol. The van der Waals surface area contributed by atoms with E-state index >= 15 is 0 Å². The number of ether oxygens (including phenoxy) is 1. The van der Waals surface area contributed by atoms with Gasteiger partial charge in [-0.1, -0.05) is 0 Å². The molecule has 2 N–H and O–H groups in total. The summed E-state index contributed by atoms with van der Waals surface area (Å²) in [4.78, 5) is 14.1. The molecule has 1 heterocycles. The Balaban J connectivity index is 2.45. The highest BCUT2D eigenvalue weighted by Crippen LogP contribution is 2.05. The number of carbonyl (C=O) groups is 1. The number of anilines is 1. The van der Waals surface area contributed by atoms with Crippen LogP contribution >= 0.6 is 11.5 Å². The van der Waals surface area contributed by atoms with Crippen molar-refractivity contribution < 1.29 is 9.53 Å². The third kappa shape index (κ3) is 2.50. The summed E-state index contributed by atoms with van der Waals surface area (Å²) < 4.78 is 8.44. The summed E-state index contributed by atoms with van der Waals surface area (Å²) in [6.45, 7) is 1.43. The van der Waals surface area contributed by atoms with Crippen LogP contribution in [0.4, 0.5) is 5.13 Å². The SMILES string of the molecule is CC(=O)OCc1nsc(N)n1. The van der Waals surface area contributed by atoms with E-state index in [0.29, 0.717) is 11.0 Å². The quantitative estimate of drug-likeness (QED) is 0.645. The highest BCUT2D eigenvalue weighted by molar-refractivity contribution is 7.09. The molecule has 1 aromatic heterocycles. The minimum atomic E-state index is -0.349. The third-order valence-electron chi connectivity index (χ3n) is 0.888. The molecule has 5 nitrogen and oxygen atoms in total. The summed E-state index contributed by atoms with van der Waals surface area (Å²) in [7, 11) is 0. The third-order valence-corrected chi connectivity index (χ3v) is 1.47. The van der Waals surface area contributed by atoms with Crippen molar-refractivity contribution in [3.63, 3.8) is 0 Å². The van der Waals surface area contributed by atoms with Crippen molar-refractivity contribution in [2.45, 2.75) is 13.5 Å². The number of hydrogen-bond acceptors (Lipinski definition) is 6. The molecule has 0 unspecified atom stereocenters. The fourth-order valence-electron chi connectivity index (χ4n) is 0.492. The number of hydrogen-bond donors (Lipinski definition) is 1. The summed E-state index contributed by atoms with van der Waals surface area (Å²) in [6.07, 6.45) is 0. The van der Waals surface area contributed by atoms with Gasteiger partial charge in [0.25, 0.3) is 0 Å². The highest BCUT2D eigenvalue weighted by Gasteiger charge is 2.01. The molecule has 0 bridgehead atoms. The van der Waals surface area contributed by atoms with Crippen LogP contribution in [0, 0.1) is 0 Å². The van der Waals surface area contributed by atoms with Crippen LogP contribution in [-0.2, 0) is 16.1 Å². The molecule has 1 aromatic rings. The van der Waals surface area contributed by atoms with Crippen molar-refractivity contribution in [1.82, 2.24) is 9.36 Å². The molecule has 11 heavy (non-hydrogen) atoms. The largest absolute Gasteiger partial charge is 0.458 e. The number of rotatable bonds is 2. The van der Waals surface area contributed by atoms with Gasteiger partial charge in [0.15, 0.2) is 17.6 Å². The molecule has 60 valence electrons. The summed E-state index contributed by atoms with van der Waals surface area (Å²) in [5.41, 5.74) is 5.29. The summed E-state index contributed by atoms with van der Waals surface area (Å²) in [6, 6.07) is 0. The Kier molecular flexibility index (Phi) is 2.37.